The Morgan fingerprint density at radius 3 is 2.64 bits per heavy atom. The van der Waals surface area contributed by atoms with Crippen LogP contribution in [0.3, 0.4) is 0 Å². The highest BCUT2D eigenvalue weighted by Gasteiger charge is 2.30. The van der Waals surface area contributed by atoms with Crippen molar-refractivity contribution in [2.45, 2.75) is 25.7 Å². The van der Waals surface area contributed by atoms with E-state index >= 15 is 0 Å². The van der Waals surface area contributed by atoms with Gasteiger partial charge in [-0.1, -0.05) is 30.3 Å². The van der Waals surface area contributed by atoms with Crippen molar-refractivity contribution in [3.63, 3.8) is 0 Å². The third-order valence-corrected chi connectivity index (χ3v) is 6.63. The average Bonchev–Trinajstić information content (AvgIpc) is 3.40. The van der Waals surface area contributed by atoms with E-state index in [0.717, 1.165) is 47.0 Å². The zero-order chi connectivity index (χ0) is 18.9. The van der Waals surface area contributed by atoms with Crippen molar-refractivity contribution in [1.82, 2.24) is 14.9 Å². The van der Waals surface area contributed by atoms with Gasteiger partial charge in [-0.25, -0.2) is 4.98 Å². The molecule has 4 heterocycles. The largest absolute Gasteiger partial charge is 0.350 e. The highest BCUT2D eigenvalue weighted by molar-refractivity contribution is 7.21. The maximum absolute atomic E-state index is 12.6. The Bertz CT molecular complexity index is 1000. The molecule has 2 fully saturated rings. The van der Waals surface area contributed by atoms with E-state index in [1.165, 1.54) is 0 Å². The second-order valence-corrected chi connectivity index (χ2v) is 8.46. The Hall–Kier alpha value is -2.06. The van der Waals surface area contributed by atoms with Gasteiger partial charge >= 0.3 is 0 Å². The molecule has 2 saturated heterocycles. The molecule has 28 heavy (non-hydrogen) atoms. The second-order valence-electron chi connectivity index (χ2n) is 7.43. The lowest BCUT2D eigenvalue weighted by Crippen LogP contribution is -2.38. The summed E-state index contributed by atoms with van der Waals surface area (Å²) >= 11 is 1.58. The number of rotatable bonds is 4. The molecule has 146 valence electrons. The van der Waals surface area contributed by atoms with Crippen molar-refractivity contribution in [3.05, 3.63) is 52.6 Å². The van der Waals surface area contributed by atoms with Crippen LogP contribution >= 0.6 is 11.3 Å². The maximum Gasteiger partial charge on any atom is 0.259 e. The van der Waals surface area contributed by atoms with Gasteiger partial charge in [0.2, 0.25) is 0 Å². The van der Waals surface area contributed by atoms with Gasteiger partial charge in [0.15, 0.2) is 6.29 Å². The molecule has 1 aromatic carbocycles. The van der Waals surface area contributed by atoms with Crippen LogP contribution in [0.1, 0.15) is 18.7 Å². The number of fused-ring (bicyclic) bond motifs is 1. The van der Waals surface area contributed by atoms with Gasteiger partial charge in [-0.15, -0.1) is 11.3 Å². The molecule has 1 N–H and O–H groups in total. The summed E-state index contributed by atoms with van der Waals surface area (Å²) in [5.41, 5.74) is 1.06. The lowest BCUT2D eigenvalue weighted by Gasteiger charge is -2.33. The summed E-state index contributed by atoms with van der Waals surface area (Å²) in [7, 11) is 0. The normalized spacial score (nSPS) is 19.6. The predicted molar refractivity (Wildman–Crippen MR) is 109 cm³/mol. The lowest BCUT2D eigenvalue weighted by atomic mass is 9.96. The summed E-state index contributed by atoms with van der Waals surface area (Å²) in [5, 5.41) is 0.668. The highest BCUT2D eigenvalue weighted by atomic mass is 32.1. The van der Waals surface area contributed by atoms with Crippen LogP contribution in [0.25, 0.3) is 20.7 Å². The van der Waals surface area contributed by atoms with E-state index in [2.05, 4.69) is 22.0 Å². The fourth-order valence-electron chi connectivity index (χ4n) is 4.04. The van der Waals surface area contributed by atoms with Gasteiger partial charge in [0.25, 0.3) is 5.56 Å². The number of aromatic nitrogens is 2. The molecular formula is C21H23N3O3S. The maximum atomic E-state index is 12.6. The van der Waals surface area contributed by atoms with E-state index in [-0.39, 0.29) is 11.8 Å². The zero-order valence-corrected chi connectivity index (χ0v) is 16.4. The molecule has 0 unspecified atom stereocenters. The summed E-state index contributed by atoms with van der Waals surface area (Å²) in [6.07, 6.45) is 2.07. The number of ether oxygens (including phenoxy) is 2. The Morgan fingerprint density at radius 2 is 1.89 bits per heavy atom. The molecule has 7 heteroatoms. The summed E-state index contributed by atoms with van der Waals surface area (Å²) in [6.45, 7) is 4.03. The standard InChI is InChI=1S/C21H23N3O3S/c25-19-16-12-17(14-4-2-1-3-5-14)28-20(16)23-18(22-19)13-24-8-6-15(7-9-24)21-26-10-11-27-21/h1-5,12,15,21H,6-11,13H2,(H,22,23,25). The number of hydrogen-bond acceptors (Lipinski definition) is 6. The first-order chi connectivity index (χ1) is 13.8. The van der Waals surface area contributed by atoms with E-state index in [9.17, 15) is 4.79 Å². The van der Waals surface area contributed by atoms with Crippen LogP contribution in [0.5, 0.6) is 0 Å². The summed E-state index contributed by atoms with van der Waals surface area (Å²) < 4.78 is 11.3. The lowest BCUT2D eigenvalue weighted by molar-refractivity contribution is -0.0978. The molecule has 0 saturated carbocycles. The van der Waals surface area contributed by atoms with E-state index in [0.29, 0.717) is 31.1 Å². The van der Waals surface area contributed by atoms with Crippen LogP contribution in [0, 0.1) is 5.92 Å². The number of benzene rings is 1. The van der Waals surface area contributed by atoms with Crippen LogP contribution in [0.15, 0.2) is 41.2 Å². The first kappa shape index (κ1) is 18.0. The molecular weight excluding hydrogens is 374 g/mol. The van der Waals surface area contributed by atoms with Gasteiger partial charge in [0.05, 0.1) is 25.1 Å². The van der Waals surface area contributed by atoms with Gasteiger partial charge in [-0.3, -0.25) is 9.69 Å². The van der Waals surface area contributed by atoms with Crippen molar-refractivity contribution in [3.8, 4) is 10.4 Å². The zero-order valence-electron chi connectivity index (χ0n) is 15.6. The first-order valence-electron chi connectivity index (χ1n) is 9.80. The first-order valence-corrected chi connectivity index (χ1v) is 10.6. The third kappa shape index (κ3) is 3.63. The van der Waals surface area contributed by atoms with Crippen molar-refractivity contribution in [1.29, 1.82) is 0 Å². The molecule has 5 rings (SSSR count). The predicted octanol–water partition coefficient (Wildman–Crippen LogP) is 3.24. The van der Waals surface area contributed by atoms with Crippen molar-refractivity contribution < 1.29 is 9.47 Å². The van der Waals surface area contributed by atoms with Crippen molar-refractivity contribution in [2.24, 2.45) is 5.92 Å². The number of hydrogen-bond donors (Lipinski definition) is 1. The number of thiophene rings is 1. The number of aromatic amines is 1. The molecule has 0 spiro atoms. The number of nitrogens with one attached hydrogen (secondary N) is 1. The molecule has 0 bridgehead atoms. The number of H-pyrrole nitrogens is 1. The summed E-state index contributed by atoms with van der Waals surface area (Å²) in [4.78, 5) is 24.5. The Balaban J connectivity index is 1.31. The summed E-state index contributed by atoms with van der Waals surface area (Å²) in [5.74, 6) is 1.21. The van der Waals surface area contributed by atoms with Crippen molar-refractivity contribution in [2.75, 3.05) is 26.3 Å². The Kier molecular flexibility index (Phi) is 4.98. The van der Waals surface area contributed by atoms with Gasteiger partial charge in [0.1, 0.15) is 10.7 Å². The van der Waals surface area contributed by atoms with E-state index in [1.807, 2.05) is 24.3 Å². The fourth-order valence-corrected chi connectivity index (χ4v) is 5.10. The molecule has 2 aliphatic heterocycles. The molecule has 0 aliphatic carbocycles. The Morgan fingerprint density at radius 1 is 1.14 bits per heavy atom. The van der Waals surface area contributed by atoms with Crippen LogP contribution < -0.4 is 5.56 Å². The third-order valence-electron chi connectivity index (χ3n) is 5.55. The molecule has 2 aromatic heterocycles. The highest BCUT2D eigenvalue weighted by Crippen LogP contribution is 2.31. The molecule has 6 nitrogen and oxygen atoms in total. The minimum Gasteiger partial charge on any atom is -0.350 e. The molecule has 0 radical (unpaired) electrons. The number of likely N-dealkylation sites (tertiary alicyclic amines) is 1. The number of nitrogens with zero attached hydrogens (tertiary/aromatic N) is 2. The SMILES string of the molecule is O=c1[nH]c(CN2CCC(C3OCCO3)CC2)nc2sc(-c3ccccc3)cc12. The monoisotopic (exact) mass is 397 g/mol. The molecule has 3 aromatic rings. The minimum atomic E-state index is -0.0546. The topological polar surface area (TPSA) is 67.5 Å². The van der Waals surface area contributed by atoms with Gasteiger partial charge < -0.3 is 14.5 Å². The van der Waals surface area contributed by atoms with E-state index in [1.54, 1.807) is 11.3 Å². The Labute approximate surface area is 167 Å². The number of piperidine rings is 1. The van der Waals surface area contributed by atoms with Crippen LogP contribution in [0.2, 0.25) is 0 Å². The fraction of sp³-hybridized carbons (Fsp3) is 0.429. The average molecular weight is 398 g/mol. The molecule has 2 aliphatic rings. The van der Waals surface area contributed by atoms with Crippen LogP contribution in [-0.2, 0) is 16.0 Å². The molecule has 0 amide bonds. The summed E-state index contributed by atoms with van der Waals surface area (Å²) in [6, 6.07) is 12.1. The van der Waals surface area contributed by atoms with Gasteiger partial charge in [-0.05, 0) is 37.6 Å². The smallest absolute Gasteiger partial charge is 0.259 e. The van der Waals surface area contributed by atoms with Crippen LogP contribution in [-0.4, -0.2) is 47.5 Å². The second kappa shape index (κ2) is 7.75. The van der Waals surface area contributed by atoms with Crippen molar-refractivity contribution >= 4 is 21.6 Å². The van der Waals surface area contributed by atoms with E-state index in [4.69, 9.17) is 14.5 Å². The molecule has 0 atom stereocenters. The minimum absolute atomic E-state index is 0.0287. The van der Waals surface area contributed by atoms with E-state index < -0.39 is 0 Å². The quantitative estimate of drug-likeness (QED) is 0.732. The van der Waals surface area contributed by atoms with Crippen LogP contribution in [0.4, 0.5) is 0 Å². The van der Waals surface area contributed by atoms with Gasteiger partial charge in [0, 0.05) is 10.8 Å². The van der Waals surface area contributed by atoms with Gasteiger partial charge in [-0.2, -0.15) is 0 Å².